The SMILES string of the molecule is CCCCCNc1cc(Cl)nc2ncnn12. The van der Waals surface area contributed by atoms with E-state index >= 15 is 0 Å². The van der Waals surface area contributed by atoms with E-state index in [1.165, 1.54) is 19.2 Å². The maximum absolute atomic E-state index is 5.89. The minimum Gasteiger partial charge on any atom is -0.370 e. The molecular weight excluding hydrogens is 226 g/mol. The Bertz CT molecular complexity index is 467. The molecule has 0 aromatic carbocycles. The van der Waals surface area contributed by atoms with Crippen LogP contribution < -0.4 is 5.32 Å². The number of unbranched alkanes of at least 4 members (excludes halogenated alkanes) is 2. The highest BCUT2D eigenvalue weighted by atomic mass is 35.5. The number of nitrogens with zero attached hydrogens (tertiary/aromatic N) is 4. The Morgan fingerprint density at radius 3 is 3.12 bits per heavy atom. The average Bonchev–Trinajstić information content (AvgIpc) is 2.72. The molecule has 0 unspecified atom stereocenters. The van der Waals surface area contributed by atoms with E-state index in [0.29, 0.717) is 10.9 Å². The summed E-state index contributed by atoms with van der Waals surface area (Å²) < 4.78 is 1.65. The van der Waals surface area contributed by atoms with Gasteiger partial charge in [-0.2, -0.15) is 19.6 Å². The molecule has 0 radical (unpaired) electrons. The summed E-state index contributed by atoms with van der Waals surface area (Å²) in [6, 6.07) is 1.76. The van der Waals surface area contributed by atoms with Crippen LogP contribution in [-0.2, 0) is 0 Å². The number of fused-ring (bicyclic) bond motifs is 1. The molecule has 5 nitrogen and oxygen atoms in total. The zero-order valence-corrected chi connectivity index (χ0v) is 9.91. The van der Waals surface area contributed by atoms with Gasteiger partial charge in [0.2, 0.25) is 0 Å². The maximum atomic E-state index is 5.89. The third kappa shape index (κ3) is 2.41. The van der Waals surface area contributed by atoms with Crippen LogP contribution in [0.5, 0.6) is 0 Å². The summed E-state index contributed by atoms with van der Waals surface area (Å²) in [7, 11) is 0. The van der Waals surface area contributed by atoms with Gasteiger partial charge >= 0.3 is 0 Å². The fourth-order valence-corrected chi connectivity index (χ4v) is 1.68. The van der Waals surface area contributed by atoms with E-state index in [-0.39, 0.29) is 0 Å². The molecule has 0 atom stereocenters. The van der Waals surface area contributed by atoms with Crippen molar-refractivity contribution in [1.29, 1.82) is 0 Å². The van der Waals surface area contributed by atoms with E-state index in [4.69, 9.17) is 11.6 Å². The molecule has 0 spiro atoms. The first-order valence-corrected chi connectivity index (χ1v) is 5.79. The van der Waals surface area contributed by atoms with Crippen LogP contribution in [0.3, 0.4) is 0 Å². The van der Waals surface area contributed by atoms with Gasteiger partial charge in [0.05, 0.1) is 0 Å². The standard InChI is InChI=1S/C10H14ClN5/c1-2-3-4-5-12-9-6-8(11)15-10-13-7-14-16(9)10/h6-7,12H,2-5H2,1H3. The number of anilines is 1. The van der Waals surface area contributed by atoms with Crippen LogP contribution in [-0.4, -0.2) is 26.1 Å². The van der Waals surface area contributed by atoms with Crippen LogP contribution in [0.15, 0.2) is 12.4 Å². The molecule has 2 rings (SSSR count). The largest absolute Gasteiger partial charge is 0.370 e. The smallest absolute Gasteiger partial charge is 0.255 e. The second kappa shape index (κ2) is 5.12. The Kier molecular flexibility index (Phi) is 3.56. The predicted molar refractivity (Wildman–Crippen MR) is 63.8 cm³/mol. The first-order chi connectivity index (χ1) is 7.81. The normalized spacial score (nSPS) is 10.9. The van der Waals surface area contributed by atoms with Crippen LogP contribution in [0, 0.1) is 0 Å². The summed E-state index contributed by atoms with van der Waals surface area (Å²) in [4.78, 5) is 8.06. The number of aromatic nitrogens is 4. The Labute approximate surface area is 98.9 Å². The second-order valence-electron chi connectivity index (χ2n) is 3.57. The van der Waals surface area contributed by atoms with Crippen molar-refractivity contribution < 1.29 is 0 Å². The molecule has 0 fully saturated rings. The van der Waals surface area contributed by atoms with Gasteiger partial charge < -0.3 is 5.32 Å². The molecule has 0 aliphatic rings. The van der Waals surface area contributed by atoms with Gasteiger partial charge in [-0.25, -0.2) is 0 Å². The lowest BCUT2D eigenvalue weighted by atomic mass is 10.2. The lowest BCUT2D eigenvalue weighted by Gasteiger charge is -2.07. The van der Waals surface area contributed by atoms with Gasteiger partial charge in [-0.3, -0.25) is 0 Å². The van der Waals surface area contributed by atoms with Gasteiger partial charge in [-0.1, -0.05) is 31.4 Å². The highest BCUT2D eigenvalue weighted by Gasteiger charge is 2.05. The molecule has 2 aromatic heterocycles. The van der Waals surface area contributed by atoms with Crippen LogP contribution in [0.25, 0.3) is 5.78 Å². The molecule has 0 bridgehead atoms. The quantitative estimate of drug-likeness (QED) is 0.643. The summed E-state index contributed by atoms with van der Waals surface area (Å²) in [5, 5.41) is 7.80. The topological polar surface area (TPSA) is 55.1 Å². The maximum Gasteiger partial charge on any atom is 0.255 e. The van der Waals surface area contributed by atoms with Gasteiger partial charge in [0.1, 0.15) is 17.3 Å². The Morgan fingerprint density at radius 2 is 2.31 bits per heavy atom. The molecule has 0 amide bonds. The molecule has 0 saturated heterocycles. The Morgan fingerprint density at radius 1 is 1.44 bits per heavy atom. The fourth-order valence-electron chi connectivity index (χ4n) is 1.50. The van der Waals surface area contributed by atoms with Gasteiger partial charge in [-0.05, 0) is 6.42 Å². The monoisotopic (exact) mass is 239 g/mol. The van der Waals surface area contributed by atoms with Gasteiger partial charge in [-0.15, -0.1) is 0 Å². The van der Waals surface area contributed by atoms with E-state index < -0.39 is 0 Å². The fraction of sp³-hybridized carbons (Fsp3) is 0.500. The number of nitrogens with one attached hydrogen (secondary N) is 1. The van der Waals surface area contributed by atoms with Gasteiger partial charge in [0.15, 0.2) is 0 Å². The molecule has 86 valence electrons. The van der Waals surface area contributed by atoms with E-state index in [1.54, 1.807) is 10.6 Å². The van der Waals surface area contributed by atoms with E-state index in [2.05, 4.69) is 27.3 Å². The molecular formula is C10H14ClN5. The highest BCUT2D eigenvalue weighted by molar-refractivity contribution is 6.29. The lowest BCUT2D eigenvalue weighted by Crippen LogP contribution is -2.07. The van der Waals surface area contributed by atoms with E-state index in [1.807, 2.05) is 0 Å². The summed E-state index contributed by atoms with van der Waals surface area (Å²) in [5.41, 5.74) is 0. The van der Waals surface area contributed by atoms with Crippen molar-refractivity contribution in [3.05, 3.63) is 17.5 Å². The number of halogens is 1. The molecule has 0 aliphatic carbocycles. The summed E-state index contributed by atoms with van der Waals surface area (Å²) in [5.74, 6) is 1.36. The minimum absolute atomic E-state index is 0.429. The second-order valence-corrected chi connectivity index (χ2v) is 3.96. The Hall–Kier alpha value is -1.36. The minimum atomic E-state index is 0.429. The average molecular weight is 240 g/mol. The predicted octanol–water partition coefficient (Wildman–Crippen LogP) is 2.38. The molecule has 2 heterocycles. The molecule has 0 aliphatic heterocycles. The summed E-state index contributed by atoms with van der Waals surface area (Å²) >= 11 is 5.89. The summed E-state index contributed by atoms with van der Waals surface area (Å²) in [6.07, 6.45) is 5.02. The van der Waals surface area contributed by atoms with Crippen LogP contribution in [0.4, 0.5) is 5.82 Å². The van der Waals surface area contributed by atoms with Crippen molar-refractivity contribution in [3.63, 3.8) is 0 Å². The molecule has 2 aromatic rings. The number of hydrogen-bond acceptors (Lipinski definition) is 4. The first kappa shape index (κ1) is 11.1. The van der Waals surface area contributed by atoms with Crippen molar-refractivity contribution in [2.45, 2.75) is 26.2 Å². The Balaban J connectivity index is 2.12. The van der Waals surface area contributed by atoms with Crippen molar-refractivity contribution >= 4 is 23.2 Å². The molecule has 0 saturated carbocycles. The van der Waals surface area contributed by atoms with E-state index in [9.17, 15) is 0 Å². The van der Waals surface area contributed by atoms with Crippen molar-refractivity contribution in [1.82, 2.24) is 19.6 Å². The van der Waals surface area contributed by atoms with Crippen molar-refractivity contribution in [3.8, 4) is 0 Å². The van der Waals surface area contributed by atoms with Crippen LogP contribution >= 0.6 is 11.6 Å². The molecule has 1 N–H and O–H groups in total. The van der Waals surface area contributed by atoms with Crippen LogP contribution in [0.2, 0.25) is 5.15 Å². The first-order valence-electron chi connectivity index (χ1n) is 5.41. The van der Waals surface area contributed by atoms with E-state index in [0.717, 1.165) is 18.8 Å². The van der Waals surface area contributed by atoms with Gasteiger partial charge in [0, 0.05) is 12.6 Å². The third-order valence-electron chi connectivity index (χ3n) is 2.31. The lowest BCUT2D eigenvalue weighted by molar-refractivity contribution is 0.739. The van der Waals surface area contributed by atoms with Crippen molar-refractivity contribution in [2.75, 3.05) is 11.9 Å². The van der Waals surface area contributed by atoms with Crippen LogP contribution in [0.1, 0.15) is 26.2 Å². The number of rotatable bonds is 5. The number of hydrogen-bond donors (Lipinski definition) is 1. The molecule has 16 heavy (non-hydrogen) atoms. The summed E-state index contributed by atoms with van der Waals surface area (Å²) in [6.45, 7) is 3.09. The van der Waals surface area contributed by atoms with Crippen molar-refractivity contribution in [2.24, 2.45) is 0 Å². The zero-order chi connectivity index (χ0) is 11.4. The zero-order valence-electron chi connectivity index (χ0n) is 9.15. The third-order valence-corrected chi connectivity index (χ3v) is 2.50. The highest BCUT2D eigenvalue weighted by Crippen LogP contribution is 2.14. The van der Waals surface area contributed by atoms with Gasteiger partial charge in [0.25, 0.3) is 5.78 Å². The molecule has 6 heteroatoms.